The third-order valence-corrected chi connectivity index (χ3v) is 3.44. The van der Waals surface area contributed by atoms with E-state index in [4.69, 9.17) is 10.5 Å². The van der Waals surface area contributed by atoms with Gasteiger partial charge in [-0.25, -0.2) is 0 Å². The summed E-state index contributed by atoms with van der Waals surface area (Å²) in [6.07, 6.45) is 5.49. The second-order valence-corrected chi connectivity index (χ2v) is 4.89. The Morgan fingerprint density at radius 1 is 1.50 bits per heavy atom. The van der Waals surface area contributed by atoms with E-state index in [0.717, 1.165) is 19.4 Å². The molecule has 0 aromatic carbocycles. The number of carbonyl (C=O) groups is 1. The molecule has 3 N–H and O–H groups in total. The summed E-state index contributed by atoms with van der Waals surface area (Å²) < 4.78 is 4.95. The molecule has 0 spiro atoms. The predicted molar refractivity (Wildman–Crippen MR) is 72.4 cm³/mol. The molecule has 1 heterocycles. The van der Waals surface area contributed by atoms with Gasteiger partial charge in [0.05, 0.1) is 6.54 Å². The number of nitrogens with zero attached hydrogens (tertiary/aromatic N) is 1. The molecule has 0 aliphatic carbocycles. The molecule has 0 aromatic rings. The normalized spacial score (nSPS) is 20.9. The van der Waals surface area contributed by atoms with E-state index in [1.54, 1.807) is 7.11 Å². The highest BCUT2D eigenvalue weighted by molar-refractivity contribution is 5.78. The van der Waals surface area contributed by atoms with Gasteiger partial charge >= 0.3 is 0 Å². The summed E-state index contributed by atoms with van der Waals surface area (Å²) in [5.41, 5.74) is 5.62. The zero-order chi connectivity index (χ0) is 13.2. The Morgan fingerprint density at radius 3 is 3.06 bits per heavy atom. The zero-order valence-corrected chi connectivity index (χ0v) is 11.5. The maximum absolute atomic E-state index is 11.8. The van der Waals surface area contributed by atoms with Gasteiger partial charge in [0.15, 0.2) is 0 Å². The van der Waals surface area contributed by atoms with Crippen LogP contribution in [0, 0.1) is 0 Å². The number of carbonyl (C=O) groups excluding carboxylic acids is 1. The van der Waals surface area contributed by atoms with E-state index >= 15 is 0 Å². The van der Waals surface area contributed by atoms with Gasteiger partial charge in [-0.05, 0) is 38.8 Å². The van der Waals surface area contributed by atoms with Gasteiger partial charge < -0.3 is 15.8 Å². The van der Waals surface area contributed by atoms with Gasteiger partial charge in [0, 0.05) is 26.3 Å². The number of likely N-dealkylation sites (tertiary alicyclic amines) is 1. The SMILES string of the molecule is COCCCNC(=O)CN1CCCCC1CCN. The van der Waals surface area contributed by atoms with Crippen LogP contribution in [-0.4, -0.2) is 56.7 Å². The van der Waals surface area contributed by atoms with Crippen LogP contribution in [-0.2, 0) is 9.53 Å². The summed E-state index contributed by atoms with van der Waals surface area (Å²) in [5, 5.41) is 2.94. The number of amides is 1. The molecule has 0 aromatic heterocycles. The summed E-state index contributed by atoms with van der Waals surface area (Å²) in [5.74, 6) is 0.120. The van der Waals surface area contributed by atoms with Crippen molar-refractivity contribution in [3.8, 4) is 0 Å². The first-order valence-corrected chi connectivity index (χ1v) is 6.97. The highest BCUT2D eigenvalue weighted by atomic mass is 16.5. The predicted octanol–water partition coefficient (Wildman–Crippen LogP) is 0.342. The average molecular weight is 257 g/mol. The van der Waals surface area contributed by atoms with Crippen molar-refractivity contribution >= 4 is 5.91 Å². The van der Waals surface area contributed by atoms with Crippen LogP contribution in [0.25, 0.3) is 0 Å². The molecule has 5 nitrogen and oxygen atoms in total. The third kappa shape index (κ3) is 5.80. The van der Waals surface area contributed by atoms with Crippen LogP contribution < -0.4 is 11.1 Å². The number of rotatable bonds is 8. The van der Waals surface area contributed by atoms with Crippen LogP contribution >= 0.6 is 0 Å². The van der Waals surface area contributed by atoms with Crippen LogP contribution in [0.15, 0.2) is 0 Å². The first kappa shape index (κ1) is 15.4. The van der Waals surface area contributed by atoms with Gasteiger partial charge in [-0.2, -0.15) is 0 Å². The highest BCUT2D eigenvalue weighted by Gasteiger charge is 2.23. The second-order valence-electron chi connectivity index (χ2n) is 4.89. The lowest BCUT2D eigenvalue weighted by atomic mass is 9.99. The van der Waals surface area contributed by atoms with Gasteiger partial charge in [-0.3, -0.25) is 9.69 Å². The van der Waals surface area contributed by atoms with Crippen LogP contribution in [0.1, 0.15) is 32.1 Å². The molecule has 1 aliphatic heterocycles. The molecule has 0 radical (unpaired) electrons. The molecular weight excluding hydrogens is 230 g/mol. The first-order chi connectivity index (χ1) is 8.77. The second kappa shape index (κ2) is 9.30. The number of hydrogen-bond acceptors (Lipinski definition) is 4. The van der Waals surface area contributed by atoms with Crippen molar-refractivity contribution in [2.45, 2.75) is 38.1 Å². The van der Waals surface area contributed by atoms with Crippen molar-refractivity contribution < 1.29 is 9.53 Å². The Morgan fingerprint density at radius 2 is 2.33 bits per heavy atom. The van der Waals surface area contributed by atoms with Gasteiger partial charge in [0.25, 0.3) is 0 Å². The van der Waals surface area contributed by atoms with Crippen molar-refractivity contribution in [2.75, 3.05) is 39.9 Å². The zero-order valence-electron chi connectivity index (χ0n) is 11.5. The highest BCUT2D eigenvalue weighted by Crippen LogP contribution is 2.18. The van der Waals surface area contributed by atoms with Crippen molar-refractivity contribution in [1.82, 2.24) is 10.2 Å². The van der Waals surface area contributed by atoms with E-state index in [0.29, 0.717) is 32.3 Å². The Hall–Kier alpha value is -0.650. The quantitative estimate of drug-likeness (QED) is 0.615. The standard InChI is InChI=1S/C13H27N3O2/c1-18-10-4-8-15-13(17)11-16-9-3-2-5-12(16)6-7-14/h12H,2-11,14H2,1H3,(H,15,17). The van der Waals surface area contributed by atoms with E-state index in [2.05, 4.69) is 10.2 Å². The molecule has 1 rings (SSSR count). The average Bonchev–Trinajstić information content (AvgIpc) is 2.37. The Balaban J connectivity index is 2.23. The summed E-state index contributed by atoms with van der Waals surface area (Å²) in [6, 6.07) is 0.494. The molecule has 1 aliphatic rings. The summed E-state index contributed by atoms with van der Waals surface area (Å²) in [6.45, 7) is 3.63. The Bertz CT molecular complexity index is 234. The molecule has 5 heteroatoms. The fourth-order valence-corrected chi connectivity index (χ4v) is 2.47. The largest absolute Gasteiger partial charge is 0.385 e. The molecular formula is C13H27N3O2. The topological polar surface area (TPSA) is 67.6 Å². The minimum atomic E-state index is 0.120. The van der Waals surface area contributed by atoms with Crippen LogP contribution in [0.3, 0.4) is 0 Å². The van der Waals surface area contributed by atoms with Crippen molar-refractivity contribution in [2.24, 2.45) is 5.73 Å². The number of methoxy groups -OCH3 is 1. The molecule has 1 unspecified atom stereocenters. The lowest BCUT2D eigenvalue weighted by molar-refractivity contribution is -0.123. The maximum Gasteiger partial charge on any atom is 0.234 e. The minimum absolute atomic E-state index is 0.120. The molecule has 18 heavy (non-hydrogen) atoms. The molecule has 1 amide bonds. The number of piperidine rings is 1. The molecule has 1 saturated heterocycles. The summed E-state index contributed by atoms with van der Waals surface area (Å²) in [7, 11) is 1.67. The smallest absolute Gasteiger partial charge is 0.234 e. The molecule has 106 valence electrons. The van der Waals surface area contributed by atoms with E-state index in [9.17, 15) is 4.79 Å². The van der Waals surface area contributed by atoms with E-state index in [1.165, 1.54) is 19.3 Å². The van der Waals surface area contributed by atoms with E-state index < -0.39 is 0 Å². The van der Waals surface area contributed by atoms with E-state index in [1.807, 2.05) is 0 Å². The molecule has 0 bridgehead atoms. The monoisotopic (exact) mass is 257 g/mol. The van der Waals surface area contributed by atoms with E-state index in [-0.39, 0.29) is 5.91 Å². The summed E-state index contributed by atoms with van der Waals surface area (Å²) in [4.78, 5) is 14.1. The molecule has 1 fully saturated rings. The van der Waals surface area contributed by atoms with Gasteiger partial charge in [0.2, 0.25) is 5.91 Å². The third-order valence-electron chi connectivity index (χ3n) is 3.44. The Kier molecular flexibility index (Phi) is 7.96. The molecule has 0 saturated carbocycles. The Labute approximate surface area is 110 Å². The molecule has 1 atom stereocenters. The lowest BCUT2D eigenvalue weighted by Gasteiger charge is -2.35. The van der Waals surface area contributed by atoms with Gasteiger partial charge in [-0.15, -0.1) is 0 Å². The fraction of sp³-hybridized carbons (Fsp3) is 0.923. The van der Waals surface area contributed by atoms with Crippen LogP contribution in [0.5, 0.6) is 0 Å². The number of ether oxygens (including phenoxy) is 1. The van der Waals surface area contributed by atoms with Crippen molar-refractivity contribution in [3.63, 3.8) is 0 Å². The van der Waals surface area contributed by atoms with Crippen molar-refractivity contribution in [3.05, 3.63) is 0 Å². The maximum atomic E-state index is 11.8. The van der Waals surface area contributed by atoms with Gasteiger partial charge in [0.1, 0.15) is 0 Å². The number of hydrogen-bond donors (Lipinski definition) is 2. The minimum Gasteiger partial charge on any atom is -0.385 e. The first-order valence-electron chi connectivity index (χ1n) is 6.97. The number of nitrogens with one attached hydrogen (secondary N) is 1. The van der Waals surface area contributed by atoms with Crippen LogP contribution in [0.2, 0.25) is 0 Å². The summed E-state index contributed by atoms with van der Waals surface area (Å²) >= 11 is 0. The number of nitrogens with two attached hydrogens (primary N) is 1. The fourth-order valence-electron chi connectivity index (χ4n) is 2.47. The van der Waals surface area contributed by atoms with Crippen LogP contribution in [0.4, 0.5) is 0 Å². The lowest BCUT2D eigenvalue weighted by Crippen LogP contribution is -2.46. The van der Waals surface area contributed by atoms with Gasteiger partial charge in [-0.1, -0.05) is 6.42 Å². The van der Waals surface area contributed by atoms with Crippen molar-refractivity contribution in [1.29, 1.82) is 0 Å².